The van der Waals surface area contributed by atoms with Crippen LogP contribution in [0.1, 0.15) is 11.3 Å². The zero-order chi connectivity index (χ0) is 21.1. The summed E-state index contributed by atoms with van der Waals surface area (Å²) in [5.41, 5.74) is 2.34. The molecule has 0 saturated heterocycles. The molecule has 0 radical (unpaired) electrons. The molecule has 1 aliphatic heterocycles. The largest absolute Gasteiger partial charge is 0.493 e. The standard InChI is InChI=1S/C22H21N3O4S/c1-14-21(15-8-9-18-17(12-15)25(2)20(27)13-29-18)24-22(30-14)23-19(26)10-11-28-16-6-4-3-5-7-16/h3-9,12H,10-11,13H2,1-2H3,(H,23,24,26). The number of ether oxygens (including phenoxy) is 2. The normalized spacial score (nSPS) is 12.9. The van der Waals surface area contributed by atoms with Crippen LogP contribution in [0.25, 0.3) is 11.3 Å². The number of likely N-dealkylation sites (N-methyl/N-ethyl adjacent to an activating group) is 1. The van der Waals surface area contributed by atoms with Crippen LogP contribution in [0.5, 0.6) is 11.5 Å². The molecule has 4 rings (SSSR count). The first-order valence-corrected chi connectivity index (χ1v) is 10.3. The fourth-order valence-corrected chi connectivity index (χ4v) is 3.95. The number of hydrogen-bond donors (Lipinski definition) is 1. The number of anilines is 2. The second kappa shape index (κ2) is 8.54. The average molecular weight is 423 g/mol. The van der Waals surface area contributed by atoms with Gasteiger partial charge in [0.15, 0.2) is 11.7 Å². The first-order valence-electron chi connectivity index (χ1n) is 9.50. The fourth-order valence-electron chi connectivity index (χ4n) is 3.10. The molecule has 3 aromatic rings. The molecule has 8 heteroatoms. The highest BCUT2D eigenvalue weighted by Crippen LogP contribution is 2.37. The van der Waals surface area contributed by atoms with E-state index in [2.05, 4.69) is 10.3 Å². The third-order valence-electron chi connectivity index (χ3n) is 4.70. The molecule has 1 N–H and O–H groups in total. The van der Waals surface area contributed by atoms with Crippen molar-refractivity contribution in [3.63, 3.8) is 0 Å². The Morgan fingerprint density at radius 2 is 2.07 bits per heavy atom. The van der Waals surface area contributed by atoms with Gasteiger partial charge in [-0.2, -0.15) is 0 Å². The molecule has 2 amide bonds. The Kier molecular flexibility index (Phi) is 5.67. The van der Waals surface area contributed by atoms with Gasteiger partial charge < -0.3 is 19.7 Å². The number of rotatable bonds is 6. The van der Waals surface area contributed by atoms with Crippen LogP contribution in [0.4, 0.5) is 10.8 Å². The summed E-state index contributed by atoms with van der Waals surface area (Å²) in [5, 5.41) is 3.37. The van der Waals surface area contributed by atoms with E-state index < -0.39 is 0 Å². The van der Waals surface area contributed by atoms with Crippen LogP contribution in [0.2, 0.25) is 0 Å². The van der Waals surface area contributed by atoms with Gasteiger partial charge in [0.2, 0.25) is 5.91 Å². The molecule has 0 fully saturated rings. The maximum Gasteiger partial charge on any atom is 0.264 e. The average Bonchev–Trinajstić information content (AvgIpc) is 3.11. The number of fused-ring (bicyclic) bond motifs is 1. The highest BCUT2D eigenvalue weighted by molar-refractivity contribution is 7.16. The van der Waals surface area contributed by atoms with Crippen molar-refractivity contribution >= 4 is 34.0 Å². The summed E-state index contributed by atoms with van der Waals surface area (Å²) < 4.78 is 11.0. The van der Waals surface area contributed by atoms with Crippen LogP contribution in [0, 0.1) is 6.92 Å². The van der Waals surface area contributed by atoms with E-state index in [1.54, 1.807) is 11.9 Å². The Labute approximate surface area is 178 Å². The summed E-state index contributed by atoms with van der Waals surface area (Å²) in [6, 6.07) is 15.0. The molecule has 0 bridgehead atoms. The lowest BCUT2D eigenvalue weighted by molar-refractivity contribution is -0.121. The molecule has 0 atom stereocenters. The van der Waals surface area contributed by atoms with E-state index in [4.69, 9.17) is 9.47 Å². The predicted molar refractivity (Wildman–Crippen MR) is 116 cm³/mol. The third kappa shape index (κ3) is 4.28. The summed E-state index contributed by atoms with van der Waals surface area (Å²) in [7, 11) is 1.73. The van der Waals surface area contributed by atoms with Crippen LogP contribution in [0.3, 0.4) is 0 Å². The van der Waals surface area contributed by atoms with Crippen molar-refractivity contribution in [2.45, 2.75) is 13.3 Å². The third-order valence-corrected chi connectivity index (χ3v) is 5.59. The number of benzene rings is 2. The number of para-hydroxylation sites is 1. The predicted octanol–water partition coefficient (Wildman–Crippen LogP) is 3.88. The fraction of sp³-hybridized carbons (Fsp3) is 0.227. The van der Waals surface area contributed by atoms with E-state index in [9.17, 15) is 9.59 Å². The molecule has 7 nitrogen and oxygen atoms in total. The van der Waals surface area contributed by atoms with E-state index in [1.807, 2.05) is 55.5 Å². The van der Waals surface area contributed by atoms with Gasteiger partial charge in [0.1, 0.15) is 11.5 Å². The Hall–Kier alpha value is -3.39. The highest BCUT2D eigenvalue weighted by atomic mass is 32.1. The number of nitrogens with zero attached hydrogens (tertiary/aromatic N) is 2. The molecule has 0 saturated carbocycles. The van der Waals surface area contributed by atoms with E-state index in [0.29, 0.717) is 16.6 Å². The van der Waals surface area contributed by atoms with Gasteiger partial charge in [-0.3, -0.25) is 9.59 Å². The number of aromatic nitrogens is 1. The van der Waals surface area contributed by atoms with Crippen LogP contribution in [-0.2, 0) is 9.59 Å². The Morgan fingerprint density at radius 1 is 1.27 bits per heavy atom. The minimum Gasteiger partial charge on any atom is -0.493 e. The lowest BCUT2D eigenvalue weighted by Crippen LogP contribution is -2.35. The number of carbonyl (C=O) groups is 2. The van der Waals surface area contributed by atoms with Crippen molar-refractivity contribution in [2.75, 3.05) is 30.5 Å². The maximum absolute atomic E-state index is 12.2. The topological polar surface area (TPSA) is 80.8 Å². The van der Waals surface area contributed by atoms with Crippen molar-refractivity contribution in [3.8, 4) is 22.8 Å². The van der Waals surface area contributed by atoms with Crippen molar-refractivity contribution in [1.82, 2.24) is 4.98 Å². The van der Waals surface area contributed by atoms with Gasteiger partial charge in [-0.15, -0.1) is 11.3 Å². The summed E-state index contributed by atoms with van der Waals surface area (Å²) in [5.74, 6) is 1.15. The molecule has 1 aromatic heterocycles. The number of nitrogens with one attached hydrogen (secondary N) is 1. The lowest BCUT2D eigenvalue weighted by atomic mass is 10.1. The summed E-state index contributed by atoms with van der Waals surface area (Å²) in [6.45, 7) is 2.28. The Bertz CT molecular complexity index is 1080. The Morgan fingerprint density at radius 3 is 2.87 bits per heavy atom. The van der Waals surface area contributed by atoms with Gasteiger partial charge in [0.05, 0.1) is 24.4 Å². The number of aryl methyl sites for hydroxylation is 1. The highest BCUT2D eigenvalue weighted by Gasteiger charge is 2.23. The van der Waals surface area contributed by atoms with E-state index in [1.165, 1.54) is 11.3 Å². The van der Waals surface area contributed by atoms with Crippen LogP contribution < -0.4 is 19.7 Å². The van der Waals surface area contributed by atoms with Gasteiger partial charge in [-0.25, -0.2) is 4.98 Å². The first-order chi connectivity index (χ1) is 14.5. The van der Waals surface area contributed by atoms with Crippen LogP contribution in [0.15, 0.2) is 48.5 Å². The van der Waals surface area contributed by atoms with Crippen molar-refractivity contribution in [2.24, 2.45) is 0 Å². The molecule has 2 aromatic carbocycles. The second-order valence-corrected chi connectivity index (χ2v) is 8.01. The molecular formula is C22H21N3O4S. The Balaban J connectivity index is 1.42. The number of carbonyl (C=O) groups excluding carboxylic acids is 2. The molecule has 1 aliphatic rings. The minimum atomic E-state index is -0.157. The van der Waals surface area contributed by atoms with Gasteiger partial charge in [-0.1, -0.05) is 18.2 Å². The molecule has 0 spiro atoms. The maximum atomic E-state index is 12.2. The van der Waals surface area contributed by atoms with Crippen molar-refractivity contribution in [1.29, 1.82) is 0 Å². The zero-order valence-corrected chi connectivity index (χ0v) is 17.5. The van der Waals surface area contributed by atoms with Gasteiger partial charge >= 0.3 is 0 Å². The van der Waals surface area contributed by atoms with Gasteiger partial charge in [0.25, 0.3) is 5.91 Å². The summed E-state index contributed by atoms with van der Waals surface area (Å²) >= 11 is 1.41. The van der Waals surface area contributed by atoms with E-state index >= 15 is 0 Å². The zero-order valence-electron chi connectivity index (χ0n) is 16.7. The minimum absolute atomic E-state index is 0.0444. The van der Waals surface area contributed by atoms with Crippen molar-refractivity contribution < 1.29 is 19.1 Å². The molecule has 0 unspecified atom stereocenters. The number of amides is 2. The quantitative estimate of drug-likeness (QED) is 0.651. The van der Waals surface area contributed by atoms with Crippen LogP contribution in [-0.4, -0.2) is 37.1 Å². The molecule has 30 heavy (non-hydrogen) atoms. The number of thiazole rings is 1. The lowest BCUT2D eigenvalue weighted by Gasteiger charge is -2.26. The van der Waals surface area contributed by atoms with Gasteiger partial charge in [-0.05, 0) is 37.3 Å². The molecule has 2 heterocycles. The van der Waals surface area contributed by atoms with Crippen molar-refractivity contribution in [3.05, 3.63) is 53.4 Å². The molecule has 154 valence electrons. The van der Waals surface area contributed by atoms with E-state index in [0.717, 1.165) is 21.9 Å². The van der Waals surface area contributed by atoms with Crippen LogP contribution >= 0.6 is 11.3 Å². The SMILES string of the molecule is Cc1sc(NC(=O)CCOc2ccccc2)nc1-c1ccc2c(c1)N(C)C(=O)CO2. The molecule has 0 aliphatic carbocycles. The second-order valence-electron chi connectivity index (χ2n) is 6.81. The van der Waals surface area contributed by atoms with Gasteiger partial charge in [0, 0.05) is 17.5 Å². The first kappa shape index (κ1) is 19.9. The summed E-state index contributed by atoms with van der Waals surface area (Å²) in [4.78, 5) is 31.3. The molecular weight excluding hydrogens is 402 g/mol. The number of hydrogen-bond acceptors (Lipinski definition) is 6. The smallest absolute Gasteiger partial charge is 0.264 e. The summed E-state index contributed by atoms with van der Waals surface area (Å²) in [6.07, 6.45) is 0.228. The van der Waals surface area contributed by atoms with E-state index in [-0.39, 0.29) is 31.4 Å². The monoisotopic (exact) mass is 423 g/mol.